The molecule has 1 saturated carbocycles. The lowest BCUT2D eigenvalue weighted by atomic mass is 9.94. The van der Waals surface area contributed by atoms with Crippen LogP contribution in [0.4, 0.5) is 0 Å². The Bertz CT molecular complexity index is 507. The number of hydrogen-bond acceptors (Lipinski definition) is 0. The van der Waals surface area contributed by atoms with E-state index >= 15 is 0 Å². The van der Waals surface area contributed by atoms with Crippen LogP contribution in [-0.2, 0) is 6.42 Å². The minimum Gasteiger partial charge on any atom is -0.0622 e. The summed E-state index contributed by atoms with van der Waals surface area (Å²) in [6.45, 7) is 2.26. The lowest BCUT2D eigenvalue weighted by Gasteiger charge is -2.11. The fourth-order valence-corrected chi connectivity index (χ4v) is 2.47. The van der Waals surface area contributed by atoms with Crippen molar-refractivity contribution in [3.63, 3.8) is 0 Å². The fourth-order valence-electron chi connectivity index (χ4n) is 2.47. The van der Waals surface area contributed by atoms with Gasteiger partial charge in [0.15, 0.2) is 0 Å². The lowest BCUT2D eigenvalue weighted by molar-refractivity contribution is 0.827. The van der Waals surface area contributed by atoms with Crippen molar-refractivity contribution in [3.8, 4) is 11.1 Å². The van der Waals surface area contributed by atoms with E-state index in [1.54, 1.807) is 0 Å². The van der Waals surface area contributed by atoms with Gasteiger partial charge >= 0.3 is 0 Å². The van der Waals surface area contributed by atoms with Crippen LogP contribution < -0.4 is 0 Å². The molecular formula is C17H18. The third-order valence-corrected chi connectivity index (χ3v) is 3.74. The van der Waals surface area contributed by atoms with Gasteiger partial charge < -0.3 is 0 Å². The SMILES string of the molecule is Cc1c(CC2CC2)cccc1-c1ccccc1. The Balaban J connectivity index is 1.99. The maximum atomic E-state index is 2.29. The summed E-state index contributed by atoms with van der Waals surface area (Å²) in [5.74, 6) is 0.958. The quantitative estimate of drug-likeness (QED) is 0.711. The van der Waals surface area contributed by atoms with Gasteiger partial charge in [0.25, 0.3) is 0 Å². The first-order chi connectivity index (χ1) is 8.34. The predicted octanol–water partition coefficient (Wildman–Crippen LogP) is 4.61. The Morgan fingerprint density at radius 1 is 0.941 bits per heavy atom. The van der Waals surface area contributed by atoms with Crippen LogP contribution in [0.1, 0.15) is 24.0 Å². The zero-order valence-corrected chi connectivity index (χ0v) is 10.3. The van der Waals surface area contributed by atoms with Crippen molar-refractivity contribution in [2.45, 2.75) is 26.2 Å². The van der Waals surface area contributed by atoms with E-state index in [1.807, 2.05) is 0 Å². The molecule has 0 radical (unpaired) electrons. The fraction of sp³-hybridized carbons (Fsp3) is 0.294. The van der Waals surface area contributed by atoms with Crippen LogP contribution in [0, 0.1) is 12.8 Å². The molecule has 0 aromatic heterocycles. The van der Waals surface area contributed by atoms with Crippen molar-refractivity contribution in [3.05, 3.63) is 59.7 Å². The zero-order chi connectivity index (χ0) is 11.7. The largest absolute Gasteiger partial charge is 0.0622 e. The molecule has 0 unspecified atom stereocenters. The van der Waals surface area contributed by atoms with Gasteiger partial charge in [0.05, 0.1) is 0 Å². The van der Waals surface area contributed by atoms with Gasteiger partial charge in [0, 0.05) is 0 Å². The minimum absolute atomic E-state index is 0.958. The topological polar surface area (TPSA) is 0 Å². The summed E-state index contributed by atoms with van der Waals surface area (Å²) in [7, 11) is 0. The molecule has 3 rings (SSSR count). The second-order valence-electron chi connectivity index (χ2n) is 5.10. The van der Waals surface area contributed by atoms with Crippen LogP contribution in [0.3, 0.4) is 0 Å². The van der Waals surface area contributed by atoms with E-state index in [-0.39, 0.29) is 0 Å². The second-order valence-corrected chi connectivity index (χ2v) is 5.10. The molecule has 86 valence electrons. The molecular weight excluding hydrogens is 204 g/mol. The molecule has 0 nitrogen and oxygen atoms in total. The number of rotatable bonds is 3. The predicted molar refractivity (Wildman–Crippen MR) is 73.0 cm³/mol. The first kappa shape index (κ1) is 10.6. The Labute approximate surface area is 103 Å². The molecule has 0 bridgehead atoms. The molecule has 0 saturated heterocycles. The summed E-state index contributed by atoms with van der Waals surface area (Å²) in [6.07, 6.45) is 4.12. The van der Waals surface area contributed by atoms with E-state index in [0.717, 1.165) is 5.92 Å². The van der Waals surface area contributed by atoms with Crippen molar-refractivity contribution < 1.29 is 0 Å². The van der Waals surface area contributed by atoms with Crippen molar-refractivity contribution >= 4 is 0 Å². The highest BCUT2D eigenvalue weighted by Gasteiger charge is 2.22. The lowest BCUT2D eigenvalue weighted by Crippen LogP contribution is -1.93. The van der Waals surface area contributed by atoms with E-state index in [1.165, 1.54) is 41.5 Å². The average Bonchev–Trinajstić information content (AvgIpc) is 3.17. The number of hydrogen-bond donors (Lipinski definition) is 0. The van der Waals surface area contributed by atoms with Crippen LogP contribution in [0.2, 0.25) is 0 Å². The third kappa shape index (κ3) is 2.26. The standard InChI is InChI=1S/C17H18/c1-13-16(12-14-10-11-14)8-5-9-17(13)15-6-3-2-4-7-15/h2-9,14H,10-12H2,1H3. The molecule has 1 fully saturated rings. The minimum atomic E-state index is 0.958. The van der Waals surface area contributed by atoms with E-state index in [2.05, 4.69) is 55.5 Å². The van der Waals surface area contributed by atoms with Gasteiger partial charge in [-0.1, -0.05) is 48.5 Å². The molecule has 0 heterocycles. The van der Waals surface area contributed by atoms with Crippen molar-refractivity contribution in [1.82, 2.24) is 0 Å². The molecule has 2 aromatic rings. The normalized spacial score (nSPS) is 14.9. The highest BCUT2D eigenvalue weighted by atomic mass is 14.3. The zero-order valence-electron chi connectivity index (χ0n) is 10.3. The van der Waals surface area contributed by atoms with Crippen molar-refractivity contribution in [2.24, 2.45) is 5.92 Å². The van der Waals surface area contributed by atoms with Gasteiger partial charge in [-0.25, -0.2) is 0 Å². The number of benzene rings is 2. The van der Waals surface area contributed by atoms with Crippen LogP contribution in [-0.4, -0.2) is 0 Å². The second kappa shape index (κ2) is 4.37. The monoisotopic (exact) mass is 222 g/mol. The van der Waals surface area contributed by atoms with E-state index in [4.69, 9.17) is 0 Å². The molecule has 1 aliphatic rings. The molecule has 0 amide bonds. The van der Waals surface area contributed by atoms with Crippen LogP contribution in [0.15, 0.2) is 48.5 Å². The first-order valence-corrected chi connectivity index (χ1v) is 6.48. The maximum absolute atomic E-state index is 2.29. The van der Waals surface area contributed by atoms with E-state index < -0.39 is 0 Å². The molecule has 0 aliphatic heterocycles. The highest BCUT2D eigenvalue weighted by Crippen LogP contribution is 2.35. The van der Waals surface area contributed by atoms with Gasteiger partial charge in [0.2, 0.25) is 0 Å². The molecule has 0 heteroatoms. The Morgan fingerprint density at radius 3 is 2.41 bits per heavy atom. The Morgan fingerprint density at radius 2 is 1.71 bits per heavy atom. The molecule has 17 heavy (non-hydrogen) atoms. The van der Waals surface area contributed by atoms with Crippen molar-refractivity contribution in [1.29, 1.82) is 0 Å². The summed E-state index contributed by atoms with van der Waals surface area (Å²) in [4.78, 5) is 0. The van der Waals surface area contributed by atoms with Gasteiger partial charge in [-0.15, -0.1) is 0 Å². The molecule has 0 N–H and O–H groups in total. The van der Waals surface area contributed by atoms with Gasteiger partial charge in [-0.2, -0.15) is 0 Å². The maximum Gasteiger partial charge on any atom is -0.0152 e. The van der Waals surface area contributed by atoms with Gasteiger partial charge in [0.1, 0.15) is 0 Å². The van der Waals surface area contributed by atoms with Crippen LogP contribution in [0.25, 0.3) is 11.1 Å². The summed E-state index contributed by atoms with van der Waals surface area (Å²) in [5, 5.41) is 0. The third-order valence-electron chi connectivity index (χ3n) is 3.74. The molecule has 1 aliphatic carbocycles. The molecule has 2 aromatic carbocycles. The molecule has 0 spiro atoms. The van der Waals surface area contributed by atoms with Crippen LogP contribution in [0.5, 0.6) is 0 Å². The Kier molecular flexibility index (Phi) is 2.72. The Hall–Kier alpha value is -1.56. The van der Waals surface area contributed by atoms with E-state index in [0.29, 0.717) is 0 Å². The van der Waals surface area contributed by atoms with Crippen molar-refractivity contribution in [2.75, 3.05) is 0 Å². The van der Waals surface area contributed by atoms with E-state index in [9.17, 15) is 0 Å². The summed E-state index contributed by atoms with van der Waals surface area (Å²) < 4.78 is 0. The summed E-state index contributed by atoms with van der Waals surface area (Å²) in [6, 6.07) is 17.4. The van der Waals surface area contributed by atoms with Gasteiger partial charge in [-0.05, 0) is 54.4 Å². The first-order valence-electron chi connectivity index (χ1n) is 6.48. The smallest absolute Gasteiger partial charge is 0.0152 e. The van der Waals surface area contributed by atoms with Gasteiger partial charge in [-0.3, -0.25) is 0 Å². The van der Waals surface area contributed by atoms with Crippen LogP contribution >= 0.6 is 0 Å². The highest BCUT2D eigenvalue weighted by molar-refractivity contribution is 5.68. The molecule has 0 atom stereocenters. The summed E-state index contributed by atoms with van der Waals surface area (Å²) >= 11 is 0. The average molecular weight is 222 g/mol. The summed E-state index contributed by atoms with van der Waals surface area (Å²) in [5.41, 5.74) is 5.73.